The maximum atomic E-state index is 4.77. The minimum atomic E-state index is 0.0309. The Kier molecular flexibility index (Phi) is 4.43. The largest absolute Gasteiger partial charge is 0.215 e. The first-order valence-corrected chi connectivity index (χ1v) is 7.21. The van der Waals surface area contributed by atoms with Crippen LogP contribution in [0, 0.1) is 5.41 Å². The van der Waals surface area contributed by atoms with Gasteiger partial charge in [0, 0.05) is 22.3 Å². The summed E-state index contributed by atoms with van der Waals surface area (Å²) in [5, 5.41) is 0. The fourth-order valence-electron chi connectivity index (χ4n) is 1.80. The first-order valence-electron chi connectivity index (χ1n) is 6.43. The van der Waals surface area contributed by atoms with Gasteiger partial charge in [-0.25, -0.2) is 4.40 Å². The lowest BCUT2D eigenvalue weighted by Crippen LogP contribution is -2.21. The molecule has 2 rings (SSSR count). The Morgan fingerprint density at radius 1 is 0.842 bits per heavy atom. The van der Waals surface area contributed by atoms with E-state index in [1.807, 2.05) is 24.3 Å². The molecular formula is C17H19NS. The zero-order valence-corrected chi connectivity index (χ0v) is 12.4. The molecule has 0 atom stereocenters. The van der Waals surface area contributed by atoms with Crippen LogP contribution in [0.1, 0.15) is 26.3 Å². The van der Waals surface area contributed by atoms with Crippen LogP contribution < -0.4 is 0 Å². The van der Waals surface area contributed by atoms with Crippen molar-refractivity contribution in [3.8, 4) is 0 Å². The van der Waals surface area contributed by atoms with Crippen LogP contribution in [0.15, 0.2) is 70.0 Å². The van der Waals surface area contributed by atoms with Gasteiger partial charge in [0.2, 0.25) is 0 Å². The lowest BCUT2D eigenvalue weighted by atomic mass is 9.86. The predicted octanol–water partition coefficient (Wildman–Crippen LogP) is 5.23. The van der Waals surface area contributed by atoms with E-state index >= 15 is 0 Å². The van der Waals surface area contributed by atoms with E-state index in [2.05, 4.69) is 57.2 Å². The van der Waals surface area contributed by atoms with Crippen LogP contribution in [0.3, 0.4) is 0 Å². The highest BCUT2D eigenvalue weighted by Gasteiger charge is 2.20. The molecule has 0 radical (unpaired) electrons. The van der Waals surface area contributed by atoms with Gasteiger partial charge in [0.05, 0.1) is 5.71 Å². The van der Waals surface area contributed by atoms with Gasteiger partial charge >= 0.3 is 0 Å². The summed E-state index contributed by atoms with van der Waals surface area (Å²) in [6.45, 7) is 6.60. The molecule has 0 aliphatic rings. The maximum absolute atomic E-state index is 4.77. The number of nitrogens with zero attached hydrogens (tertiary/aromatic N) is 1. The topological polar surface area (TPSA) is 12.4 Å². The van der Waals surface area contributed by atoms with Crippen LogP contribution in [0.4, 0.5) is 0 Å². The molecule has 0 N–H and O–H groups in total. The Morgan fingerprint density at radius 3 is 1.89 bits per heavy atom. The lowest BCUT2D eigenvalue weighted by molar-refractivity contribution is 0.594. The second kappa shape index (κ2) is 6.07. The summed E-state index contributed by atoms with van der Waals surface area (Å²) < 4.78 is 4.77. The molecule has 98 valence electrons. The van der Waals surface area contributed by atoms with Gasteiger partial charge in [0.15, 0.2) is 0 Å². The fourth-order valence-corrected chi connectivity index (χ4v) is 2.65. The predicted molar refractivity (Wildman–Crippen MR) is 84.7 cm³/mol. The normalized spacial score (nSPS) is 12.5. The molecule has 0 fully saturated rings. The zero-order chi connectivity index (χ0) is 13.7. The van der Waals surface area contributed by atoms with E-state index in [4.69, 9.17) is 4.40 Å². The van der Waals surface area contributed by atoms with Crippen molar-refractivity contribution in [3.63, 3.8) is 0 Å². The first kappa shape index (κ1) is 13.9. The molecular weight excluding hydrogens is 250 g/mol. The van der Waals surface area contributed by atoms with E-state index in [9.17, 15) is 0 Å². The third-order valence-electron chi connectivity index (χ3n) is 2.74. The molecule has 0 spiro atoms. The highest BCUT2D eigenvalue weighted by molar-refractivity contribution is 7.98. The molecule has 2 aromatic rings. The Bertz CT molecular complexity index is 538. The Morgan fingerprint density at radius 2 is 1.37 bits per heavy atom. The van der Waals surface area contributed by atoms with Crippen molar-refractivity contribution >= 4 is 17.7 Å². The monoisotopic (exact) mass is 269 g/mol. The van der Waals surface area contributed by atoms with Gasteiger partial charge in [-0.15, -0.1) is 0 Å². The van der Waals surface area contributed by atoms with Crippen molar-refractivity contribution in [2.75, 3.05) is 0 Å². The second-order valence-corrected chi connectivity index (χ2v) is 6.30. The van der Waals surface area contributed by atoms with Crippen LogP contribution in [-0.4, -0.2) is 5.71 Å². The number of benzene rings is 2. The average molecular weight is 269 g/mol. The Hall–Kier alpha value is -1.54. The fraction of sp³-hybridized carbons (Fsp3) is 0.235. The van der Waals surface area contributed by atoms with Crippen LogP contribution in [0.2, 0.25) is 0 Å². The smallest absolute Gasteiger partial charge is 0.0616 e. The van der Waals surface area contributed by atoms with E-state index in [1.165, 1.54) is 22.4 Å². The minimum absolute atomic E-state index is 0.0309. The number of rotatable bonds is 3. The molecule has 0 aliphatic carbocycles. The van der Waals surface area contributed by atoms with Crippen LogP contribution in [0.25, 0.3) is 0 Å². The summed E-state index contributed by atoms with van der Waals surface area (Å²) in [6.07, 6.45) is 0. The van der Waals surface area contributed by atoms with Crippen LogP contribution in [-0.2, 0) is 0 Å². The van der Waals surface area contributed by atoms with Crippen molar-refractivity contribution in [2.24, 2.45) is 9.81 Å². The SMILES string of the molecule is CC(C)(C)/C(=N\Sc1ccccc1)c1ccccc1. The van der Waals surface area contributed by atoms with Crippen LogP contribution >= 0.6 is 11.9 Å². The van der Waals surface area contributed by atoms with Gasteiger partial charge in [0.1, 0.15) is 0 Å². The van der Waals surface area contributed by atoms with Crippen molar-refractivity contribution < 1.29 is 0 Å². The summed E-state index contributed by atoms with van der Waals surface area (Å²) >= 11 is 1.54. The molecule has 0 aliphatic heterocycles. The average Bonchev–Trinajstić information content (AvgIpc) is 2.40. The molecule has 1 nitrogen and oxygen atoms in total. The summed E-state index contributed by atoms with van der Waals surface area (Å²) in [5.41, 5.74) is 2.35. The van der Waals surface area contributed by atoms with E-state index in [0.29, 0.717) is 0 Å². The highest BCUT2D eigenvalue weighted by Crippen LogP contribution is 2.27. The maximum Gasteiger partial charge on any atom is 0.0616 e. The molecule has 19 heavy (non-hydrogen) atoms. The molecule has 0 unspecified atom stereocenters. The van der Waals surface area contributed by atoms with E-state index < -0.39 is 0 Å². The summed E-state index contributed by atoms with van der Waals surface area (Å²) in [5.74, 6) is 0. The summed E-state index contributed by atoms with van der Waals surface area (Å²) in [6, 6.07) is 20.7. The van der Waals surface area contributed by atoms with E-state index in [1.54, 1.807) is 0 Å². The number of hydrogen-bond donors (Lipinski definition) is 0. The van der Waals surface area contributed by atoms with E-state index in [-0.39, 0.29) is 5.41 Å². The third-order valence-corrected chi connectivity index (χ3v) is 3.50. The van der Waals surface area contributed by atoms with Crippen molar-refractivity contribution in [2.45, 2.75) is 25.7 Å². The molecule has 0 aromatic heterocycles. The summed E-state index contributed by atoms with van der Waals surface area (Å²) in [4.78, 5) is 1.17. The summed E-state index contributed by atoms with van der Waals surface area (Å²) in [7, 11) is 0. The van der Waals surface area contributed by atoms with Gasteiger partial charge in [-0.05, 0) is 17.7 Å². The van der Waals surface area contributed by atoms with Gasteiger partial charge < -0.3 is 0 Å². The van der Waals surface area contributed by atoms with Crippen molar-refractivity contribution in [1.29, 1.82) is 0 Å². The van der Waals surface area contributed by atoms with Gasteiger partial charge in [-0.2, -0.15) is 0 Å². The van der Waals surface area contributed by atoms with Crippen molar-refractivity contribution in [3.05, 3.63) is 66.2 Å². The van der Waals surface area contributed by atoms with Gasteiger partial charge in [-0.3, -0.25) is 0 Å². The van der Waals surface area contributed by atoms with Crippen LogP contribution in [0.5, 0.6) is 0 Å². The molecule has 2 aromatic carbocycles. The lowest BCUT2D eigenvalue weighted by Gasteiger charge is -2.21. The molecule has 0 saturated carbocycles. The first-order chi connectivity index (χ1) is 9.07. The van der Waals surface area contributed by atoms with Crippen molar-refractivity contribution in [1.82, 2.24) is 0 Å². The second-order valence-electron chi connectivity index (χ2n) is 5.46. The highest BCUT2D eigenvalue weighted by atomic mass is 32.2. The minimum Gasteiger partial charge on any atom is -0.215 e. The Labute approximate surface area is 119 Å². The molecule has 0 bridgehead atoms. The molecule has 0 saturated heterocycles. The van der Waals surface area contributed by atoms with E-state index in [0.717, 1.165) is 5.71 Å². The molecule has 2 heteroatoms. The zero-order valence-electron chi connectivity index (χ0n) is 11.6. The molecule has 0 heterocycles. The quantitative estimate of drug-likeness (QED) is 0.549. The standard InChI is InChI=1S/C17H19NS/c1-17(2,3)16(14-10-6-4-7-11-14)18-19-15-12-8-5-9-13-15/h4-13H,1-3H3/b18-16-. The van der Waals surface area contributed by atoms with Gasteiger partial charge in [-0.1, -0.05) is 69.3 Å². The molecule has 0 amide bonds. The Balaban J connectivity index is 2.29. The number of hydrogen-bond acceptors (Lipinski definition) is 2. The third kappa shape index (κ3) is 3.97. The van der Waals surface area contributed by atoms with Gasteiger partial charge in [0.25, 0.3) is 0 Å².